The van der Waals surface area contributed by atoms with Crippen LogP contribution in [0.4, 0.5) is 0 Å². The van der Waals surface area contributed by atoms with E-state index in [2.05, 4.69) is 44.8 Å². The maximum atomic E-state index is 4.23. The zero-order valence-corrected chi connectivity index (χ0v) is 8.31. The first-order valence-corrected chi connectivity index (χ1v) is 4.16. The summed E-state index contributed by atoms with van der Waals surface area (Å²) < 4.78 is 0. The maximum Gasteiger partial charge on any atom is 0.0395 e. The van der Waals surface area contributed by atoms with Crippen molar-refractivity contribution in [3.63, 3.8) is 0 Å². The zero-order chi connectivity index (χ0) is 8.91. The van der Waals surface area contributed by atoms with Crippen molar-refractivity contribution < 1.29 is 0 Å². The van der Waals surface area contributed by atoms with Gasteiger partial charge in [-0.1, -0.05) is 33.8 Å². The van der Waals surface area contributed by atoms with Gasteiger partial charge in [0.1, 0.15) is 0 Å². The molecule has 64 valence electrons. The van der Waals surface area contributed by atoms with E-state index in [1.807, 2.05) is 7.05 Å². The molecule has 1 nitrogen and oxygen atoms in total. The minimum Gasteiger partial charge on any atom is -0.293 e. The molecule has 0 unspecified atom stereocenters. The predicted molar refractivity (Wildman–Crippen MR) is 52.2 cm³/mol. The van der Waals surface area contributed by atoms with Crippen LogP contribution >= 0.6 is 0 Å². The Kier molecular flexibility index (Phi) is 4.09. The molecule has 0 aromatic heterocycles. The zero-order valence-electron chi connectivity index (χ0n) is 8.31. The highest BCUT2D eigenvalue weighted by Crippen LogP contribution is 2.16. The summed E-state index contributed by atoms with van der Waals surface area (Å²) in [6.07, 6.45) is 5.34. The first-order chi connectivity index (χ1) is 5.02. The fourth-order valence-corrected chi connectivity index (χ4v) is 0.889. The van der Waals surface area contributed by atoms with Gasteiger partial charge in [-0.25, -0.2) is 0 Å². The van der Waals surface area contributed by atoms with Gasteiger partial charge in [0.25, 0.3) is 0 Å². The summed E-state index contributed by atoms with van der Waals surface area (Å²) in [4.78, 5) is 4.23. The van der Waals surface area contributed by atoms with Crippen LogP contribution in [0.15, 0.2) is 17.1 Å². The lowest BCUT2D eigenvalue weighted by molar-refractivity contribution is 0.593. The molecule has 0 heterocycles. The third-order valence-corrected chi connectivity index (χ3v) is 1.52. The molecular formula is C10H19N. The minimum absolute atomic E-state index is 0.181. The van der Waals surface area contributed by atoms with Gasteiger partial charge in [0.05, 0.1) is 0 Å². The van der Waals surface area contributed by atoms with Crippen molar-refractivity contribution >= 4 is 5.71 Å². The Balaban J connectivity index is 4.33. The number of rotatable bonds is 2. The lowest BCUT2D eigenvalue weighted by Crippen LogP contribution is -2.17. The summed E-state index contributed by atoms with van der Waals surface area (Å²) in [5.74, 6) is 0. The van der Waals surface area contributed by atoms with Gasteiger partial charge >= 0.3 is 0 Å². The van der Waals surface area contributed by atoms with Crippen LogP contribution in [0, 0.1) is 5.41 Å². The topological polar surface area (TPSA) is 12.4 Å². The van der Waals surface area contributed by atoms with E-state index in [9.17, 15) is 0 Å². The molecular weight excluding hydrogens is 134 g/mol. The molecule has 0 atom stereocenters. The molecule has 0 aromatic rings. The predicted octanol–water partition coefficient (Wildman–Crippen LogP) is 3.07. The fraction of sp³-hybridized carbons (Fsp3) is 0.700. The normalized spacial score (nSPS) is 14.5. The van der Waals surface area contributed by atoms with Crippen LogP contribution in [0.5, 0.6) is 0 Å². The number of aliphatic imine (C=N–C) groups is 1. The number of nitrogens with zero attached hydrogens (tertiary/aromatic N) is 1. The van der Waals surface area contributed by atoms with Gasteiger partial charge in [0, 0.05) is 18.2 Å². The van der Waals surface area contributed by atoms with E-state index in [1.54, 1.807) is 0 Å². The molecule has 0 saturated heterocycles. The highest BCUT2D eigenvalue weighted by molar-refractivity contribution is 5.98. The van der Waals surface area contributed by atoms with E-state index in [0.717, 1.165) is 6.42 Å². The Morgan fingerprint density at radius 3 is 2.18 bits per heavy atom. The lowest BCUT2D eigenvalue weighted by Gasteiger charge is -2.17. The second kappa shape index (κ2) is 4.32. The summed E-state index contributed by atoms with van der Waals surface area (Å²) in [7, 11) is 1.85. The van der Waals surface area contributed by atoms with E-state index in [4.69, 9.17) is 0 Å². The molecule has 0 aliphatic heterocycles. The van der Waals surface area contributed by atoms with E-state index in [0.29, 0.717) is 0 Å². The first kappa shape index (κ1) is 10.4. The molecule has 0 radical (unpaired) electrons. The fourth-order valence-electron chi connectivity index (χ4n) is 0.889. The Morgan fingerprint density at radius 1 is 1.36 bits per heavy atom. The molecule has 0 N–H and O–H groups in total. The van der Waals surface area contributed by atoms with Crippen LogP contribution in [0.1, 0.15) is 34.1 Å². The van der Waals surface area contributed by atoms with Crippen molar-refractivity contribution in [2.24, 2.45) is 10.4 Å². The molecule has 0 saturated carbocycles. The standard InChI is InChI=1S/C10H19N/c1-6-7-8-9(11-5)10(2,3)4/h7-8H,6H2,1-5H3/b8-7-,11-9?. The molecule has 0 fully saturated rings. The first-order valence-electron chi connectivity index (χ1n) is 4.16. The second-order valence-corrected chi connectivity index (χ2v) is 3.67. The molecule has 0 aliphatic carbocycles. The lowest BCUT2D eigenvalue weighted by atomic mass is 9.89. The quantitative estimate of drug-likeness (QED) is 0.541. The molecule has 0 aromatic carbocycles. The van der Waals surface area contributed by atoms with Crippen LogP contribution in [-0.4, -0.2) is 12.8 Å². The number of hydrogen-bond acceptors (Lipinski definition) is 1. The Bertz CT molecular complexity index is 158. The van der Waals surface area contributed by atoms with E-state index >= 15 is 0 Å². The van der Waals surface area contributed by atoms with Crippen molar-refractivity contribution in [1.82, 2.24) is 0 Å². The van der Waals surface area contributed by atoms with Crippen LogP contribution in [-0.2, 0) is 0 Å². The number of allylic oxidation sites excluding steroid dienone is 2. The highest BCUT2D eigenvalue weighted by atomic mass is 14.7. The van der Waals surface area contributed by atoms with Gasteiger partial charge in [-0.3, -0.25) is 4.99 Å². The highest BCUT2D eigenvalue weighted by Gasteiger charge is 2.14. The van der Waals surface area contributed by atoms with Crippen molar-refractivity contribution in [1.29, 1.82) is 0 Å². The molecule has 11 heavy (non-hydrogen) atoms. The van der Waals surface area contributed by atoms with Crippen molar-refractivity contribution in [3.8, 4) is 0 Å². The number of hydrogen-bond donors (Lipinski definition) is 0. The molecule has 0 spiro atoms. The third kappa shape index (κ3) is 3.97. The molecule has 0 rings (SSSR count). The maximum absolute atomic E-state index is 4.23. The average molecular weight is 153 g/mol. The van der Waals surface area contributed by atoms with Crippen LogP contribution in [0.25, 0.3) is 0 Å². The third-order valence-electron chi connectivity index (χ3n) is 1.52. The van der Waals surface area contributed by atoms with Crippen molar-refractivity contribution in [2.45, 2.75) is 34.1 Å². The largest absolute Gasteiger partial charge is 0.293 e. The Morgan fingerprint density at radius 2 is 1.91 bits per heavy atom. The SMILES string of the molecule is CC/C=C\C(=NC)C(C)(C)C. The van der Waals surface area contributed by atoms with Crippen molar-refractivity contribution in [2.75, 3.05) is 7.05 Å². The Hall–Kier alpha value is -0.590. The summed E-state index contributed by atoms with van der Waals surface area (Å²) in [5.41, 5.74) is 1.35. The Labute approximate surface area is 70.2 Å². The summed E-state index contributed by atoms with van der Waals surface area (Å²) in [6, 6.07) is 0. The van der Waals surface area contributed by atoms with Gasteiger partial charge in [0.2, 0.25) is 0 Å². The van der Waals surface area contributed by atoms with Crippen LogP contribution in [0.2, 0.25) is 0 Å². The van der Waals surface area contributed by atoms with Crippen molar-refractivity contribution in [3.05, 3.63) is 12.2 Å². The van der Waals surface area contributed by atoms with Gasteiger partial charge in [0.15, 0.2) is 0 Å². The molecule has 0 amide bonds. The summed E-state index contributed by atoms with van der Waals surface area (Å²) >= 11 is 0. The molecule has 0 bridgehead atoms. The monoisotopic (exact) mass is 153 g/mol. The molecule has 0 aliphatic rings. The smallest absolute Gasteiger partial charge is 0.0395 e. The summed E-state index contributed by atoms with van der Waals surface area (Å²) in [6.45, 7) is 8.66. The van der Waals surface area contributed by atoms with Gasteiger partial charge in [-0.05, 0) is 12.5 Å². The van der Waals surface area contributed by atoms with Crippen LogP contribution in [0.3, 0.4) is 0 Å². The van der Waals surface area contributed by atoms with Crippen LogP contribution < -0.4 is 0 Å². The van der Waals surface area contributed by atoms with E-state index in [-0.39, 0.29) is 5.41 Å². The van der Waals surface area contributed by atoms with Gasteiger partial charge in [-0.15, -0.1) is 0 Å². The second-order valence-electron chi connectivity index (χ2n) is 3.67. The van der Waals surface area contributed by atoms with E-state index in [1.165, 1.54) is 5.71 Å². The average Bonchev–Trinajstić information content (AvgIpc) is 1.87. The summed E-state index contributed by atoms with van der Waals surface area (Å²) in [5, 5.41) is 0. The molecule has 1 heteroatoms. The van der Waals surface area contributed by atoms with Gasteiger partial charge < -0.3 is 0 Å². The van der Waals surface area contributed by atoms with Gasteiger partial charge in [-0.2, -0.15) is 0 Å². The van der Waals surface area contributed by atoms with E-state index < -0.39 is 0 Å². The minimum atomic E-state index is 0.181.